The van der Waals surface area contributed by atoms with E-state index >= 15 is 0 Å². The van der Waals surface area contributed by atoms with Crippen LogP contribution < -0.4 is 5.32 Å². The van der Waals surface area contributed by atoms with Gasteiger partial charge in [0.15, 0.2) is 0 Å². The number of hydrogen-bond acceptors (Lipinski definition) is 2. The van der Waals surface area contributed by atoms with Gasteiger partial charge in [-0.1, -0.05) is 18.2 Å². The van der Waals surface area contributed by atoms with Crippen molar-refractivity contribution in [2.24, 2.45) is 0 Å². The quantitative estimate of drug-likeness (QED) is 0.801. The summed E-state index contributed by atoms with van der Waals surface area (Å²) in [6.07, 6.45) is 3.64. The first-order valence-corrected chi connectivity index (χ1v) is 5.05. The molecule has 1 aromatic heterocycles. The second-order valence-electron chi connectivity index (χ2n) is 3.71. The van der Waals surface area contributed by atoms with E-state index in [4.69, 9.17) is 0 Å². The highest BCUT2D eigenvalue weighted by Gasteiger charge is 2.01. The summed E-state index contributed by atoms with van der Waals surface area (Å²) in [5.41, 5.74) is 5.04. The Hall–Kier alpha value is -1.77. The molecule has 0 radical (unpaired) electrons. The summed E-state index contributed by atoms with van der Waals surface area (Å²) >= 11 is 0. The van der Waals surface area contributed by atoms with Crippen molar-refractivity contribution in [2.75, 3.05) is 5.32 Å². The molecule has 0 saturated heterocycles. The third kappa shape index (κ3) is 2.18. The highest BCUT2D eigenvalue weighted by Crippen LogP contribution is 2.15. The molecule has 0 atom stereocenters. The SMILES string of the molecule is Cc1cccc(C)c1CNc1cn[nH]c1. The summed E-state index contributed by atoms with van der Waals surface area (Å²) in [5.74, 6) is 0. The largest absolute Gasteiger partial charge is 0.378 e. The maximum absolute atomic E-state index is 3.89. The Morgan fingerprint density at radius 2 is 2.00 bits per heavy atom. The van der Waals surface area contributed by atoms with Crippen molar-refractivity contribution in [1.82, 2.24) is 10.2 Å². The van der Waals surface area contributed by atoms with E-state index in [9.17, 15) is 0 Å². The van der Waals surface area contributed by atoms with Gasteiger partial charge in [-0.25, -0.2) is 0 Å². The van der Waals surface area contributed by atoms with E-state index in [1.807, 2.05) is 6.20 Å². The van der Waals surface area contributed by atoms with E-state index < -0.39 is 0 Å². The second-order valence-corrected chi connectivity index (χ2v) is 3.71. The molecular weight excluding hydrogens is 186 g/mol. The van der Waals surface area contributed by atoms with Crippen molar-refractivity contribution in [1.29, 1.82) is 0 Å². The number of rotatable bonds is 3. The van der Waals surface area contributed by atoms with Crippen LogP contribution in [0.1, 0.15) is 16.7 Å². The summed E-state index contributed by atoms with van der Waals surface area (Å²) < 4.78 is 0. The lowest BCUT2D eigenvalue weighted by atomic mass is 10.0. The Labute approximate surface area is 89.5 Å². The predicted octanol–water partition coefficient (Wildman–Crippen LogP) is 2.64. The Morgan fingerprint density at radius 1 is 1.27 bits per heavy atom. The van der Waals surface area contributed by atoms with E-state index in [1.165, 1.54) is 16.7 Å². The predicted molar refractivity (Wildman–Crippen MR) is 61.8 cm³/mol. The van der Waals surface area contributed by atoms with E-state index in [-0.39, 0.29) is 0 Å². The molecule has 0 aliphatic heterocycles. The number of H-pyrrole nitrogens is 1. The third-order valence-corrected chi connectivity index (χ3v) is 2.61. The molecule has 0 aliphatic carbocycles. The minimum Gasteiger partial charge on any atom is -0.378 e. The number of anilines is 1. The molecule has 0 saturated carbocycles. The van der Waals surface area contributed by atoms with Gasteiger partial charge in [0, 0.05) is 12.7 Å². The number of nitrogens with one attached hydrogen (secondary N) is 2. The first kappa shape index (κ1) is 9.77. The number of aromatic nitrogens is 2. The summed E-state index contributed by atoms with van der Waals surface area (Å²) in [6.45, 7) is 5.12. The molecule has 0 bridgehead atoms. The minimum absolute atomic E-state index is 0.845. The van der Waals surface area contributed by atoms with Gasteiger partial charge in [-0.15, -0.1) is 0 Å². The van der Waals surface area contributed by atoms with Gasteiger partial charge in [-0.2, -0.15) is 5.10 Å². The molecule has 0 amide bonds. The van der Waals surface area contributed by atoms with Crippen LogP contribution in [0.4, 0.5) is 5.69 Å². The first-order chi connectivity index (χ1) is 7.27. The van der Waals surface area contributed by atoms with Crippen molar-refractivity contribution in [2.45, 2.75) is 20.4 Å². The van der Waals surface area contributed by atoms with Crippen LogP contribution in [0.25, 0.3) is 0 Å². The lowest BCUT2D eigenvalue weighted by molar-refractivity contribution is 1.09. The molecule has 15 heavy (non-hydrogen) atoms. The van der Waals surface area contributed by atoms with E-state index in [2.05, 4.69) is 47.6 Å². The number of hydrogen-bond donors (Lipinski definition) is 2. The standard InChI is InChI=1S/C12H15N3/c1-9-4-3-5-10(2)12(9)8-13-11-6-14-15-7-11/h3-7,13H,8H2,1-2H3,(H,14,15). The Kier molecular flexibility index (Phi) is 2.72. The second kappa shape index (κ2) is 4.17. The Morgan fingerprint density at radius 3 is 2.60 bits per heavy atom. The Bertz CT molecular complexity index is 412. The summed E-state index contributed by atoms with van der Waals surface area (Å²) in [6, 6.07) is 6.37. The third-order valence-electron chi connectivity index (χ3n) is 2.61. The maximum atomic E-state index is 3.89. The fourth-order valence-electron chi connectivity index (χ4n) is 1.67. The summed E-state index contributed by atoms with van der Waals surface area (Å²) in [7, 11) is 0. The van der Waals surface area contributed by atoms with Crippen molar-refractivity contribution >= 4 is 5.69 Å². The number of aryl methyl sites for hydroxylation is 2. The van der Waals surface area contributed by atoms with Crippen molar-refractivity contribution in [3.63, 3.8) is 0 Å². The zero-order chi connectivity index (χ0) is 10.7. The zero-order valence-corrected chi connectivity index (χ0v) is 9.04. The normalized spacial score (nSPS) is 10.3. The minimum atomic E-state index is 0.845. The molecule has 1 aromatic carbocycles. The monoisotopic (exact) mass is 201 g/mol. The topological polar surface area (TPSA) is 40.7 Å². The lowest BCUT2D eigenvalue weighted by Gasteiger charge is -2.10. The molecule has 2 rings (SSSR count). The average molecular weight is 201 g/mol. The van der Waals surface area contributed by atoms with Crippen LogP contribution in [-0.2, 0) is 6.54 Å². The molecule has 0 fully saturated rings. The van der Waals surface area contributed by atoms with Gasteiger partial charge in [0.1, 0.15) is 0 Å². The van der Waals surface area contributed by atoms with Crippen LogP contribution >= 0.6 is 0 Å². The van der Waals surface area contributed by atoms with Crippen LogP contribution in [0.15, 0.2) is 30.6 Å². The van der Waals surface area contributed by atoms with E-state index in [0.717, 1.165) is 12.2 Å². The smallest absolute Gasteiger partial charge is 0.0726 e. The van der Waals surface area contributed by atoms with Crippen molar-refractivity contribution < 1.29 is 0 Å². The van der Waals surface area contributed by atoms with Gasteiger partial charge in [0.2, 0.25) is 0 Å². The molecular formula is C12H15N3. The van der Waals surface area contributed by atoms with Gasteiger partial charge in [-0.05, 0) is 30.5 Å². The highest BCUT2D eigenvalue weighted by atomic mass is 15.1. The summed E-state index contributed by atoms with van der Waals surface area (Å²) in [5, 5.41) is 10.0. The van der Waals surface area contributed by atoms with Crippen LogP contribution in [0, 0.1) is 13.8 Å². The van der Waals surface area contributed by atoms with Crippen LogP contribution in [0.5, 0.6) is 0 Å². The number of benzene rings is 1. The molecule has 78 valence electrons. The maximum Gasteiger partial charge on any atom is 0.0726 e. The average Bonchev–Trinajstić information content (AvgIpc) is 2.70. The molecule has 0 spiro atoms. The molecule has 3 heteroatoms. The molecule has 2 aromatic rings. The highest BCUT2D eigenvalue weighted by molar-refractivity contribution is 5.41. The fraction of sp³-hybridized carbons (Fsp3) is 0.250. The van der Waals surface area contributed by atoms with Gasteiger partial charge >= 0.3 is 0 Å². The first-order valence-electron chi connectivity index (χ1n) is 5.05. The molecule has 3 nitrogen and oxygen atoms in total. The number of nitrogens with zero attached hydrogens (tertiary/aromatic N) is 1. The van der Waals surface area contributed by atoms with Crippen LogP contribution in [0.3, 0.4) is 0 Å². The van der Waals surface area contributed by atoms with Gasteiger partial charge in [-0.3, -0.25) is 5.10 Å². The van der Waals surface area contributed by atoms with E-state index in [0.29, 0.717) is 0 Å². The zero-order valence-electron chi connectivity index (χ0n) is 9.04. The van der Waals surface area contributed by atoms with Crippen LogP contribution in [0.2, 0.25) is 0 Å². The van der Waals surface area contributed by atoms with Gasteiger partial charge < -0.3 is 5.32 Å². The number of aromatic amines is 1. The van der Waals surface area contributed by atoms with Crippen molar-refractivity contribution in [3.05, 3.63) is 47.3 Å². The fourth-order valence-corrected chi connectivity index (χ4v) is 1.67. The van der Waals surface area contributed by atoms with Gasteiger partial charge in [0.05, 0.1) is 11.9 Å². The van der Waals surface area contributed by atoms with Crippen LogP contribution in [-0.4, -0.2) is 10.2 Å². The van der Waals surface area contributed by atoms with Gasteiger partial charge in [0.25, 0.3) is 0 Å². The molecule has 1 heterocycles. The summed E-state index contributed by atoms with van der Waals surface area (Å²) in [4.78, 5) is 0. The van der Waals surface area contributed by atoms with Crippen molar-refractivity contribution in [3.8, 4) is 0 Å². The lowest BCUT2D eigenvalue weighted by Crippen LogP contribution is -2.02. The van der Waals surface area contributed by atoms with E-state index in [1.54, 1.807) is 6.20 Å². The molecule has 0 unspecified atom stereocenters. The molecule has 2 N–H and O–H groups in total. The molecule has 0 aliphatic rings. The Balaban J connectivity index is 2.11.